The van der Waals surface area contributed by atoms with Crippen LogP contribution in [-0.2, 0) is 4.79 Å². The lowest BCUT2D eigenvalue weighted by Crippen LogP contribution is -2.33. The highest BCUT2D eigenvalue weighted by Crippen LogP contribution is 2.24. The first-order valence-corrected chi connectivity index (χ1v) is 6.18. The van der Waals surface area contributed by atoms with Crippen molar-refractivity contribution >= 4 is 22.6 Å². The van der Waals surface area contributed by atoms with Crippen molar-refractivity contribution in [2.24, 2.45) is 0 Å². The van der Waals surface area contributed by atoms with Gasteiger partial charge in [-0.05, 0) is 12.1 Å². The number of rotatable bonds is 4. The number of aromatic amines is 1. The maximum Gasteiger partial charge on any atom is 0.265 e. The summed E-state index contributed by atoms with van der Waals surface area (Å²) in [6.45, 7) is 1.51. The number of pyridine rings is 1. The fourth-order valence-corrected chi connectivity index (χ4v) is 1.83. The molecule has 0 saturated carbocycles. The van der Waals surface area contributed by atoms with Crippen molar-refractivity contribution in [3.8, 4) is 5.75 Å². The summed E-state index contributed by atoms with van der Waals surface area (Å²) >= 11 is 0. The Morgan fingerprint density at radius 1 is 1.30 bits per heavy atom. The highest BCUT2D eigenvalue weighted by atomic mass is 16.3. The van der Waals surface area contributed by atoms with Gasteiger partial charge in [-0.1, -0.05) is 19.1 Å². The number of ketones is 1. The SMILES string of the molecule is CCC(=O)CNC(=O)c1c(O)c2ccccc2[nH]c1=O. The molecular formula is C14H14N2O4. The van der Waals surface area contributed by atoms with Crippen molar-refractivity contribution in [2.75, 3.05) is 6.54 Å². The first-order chi connectivity index (χ1) is 9.54. The number of Topliss-reactive ketones (excluding diaryl/α,β-unsaturated/α-hetero) is 1. The number of para-hydroxylation sites is 1. The van der Waals surface area contributed by atoms with Crippen LogP contribution in [0.1, 0.15) is 23.7 Å². The molecule has 1 aromatic heterocycles. The Morgan fingerprint density at radius 3 is 2.70 bits per heavy atom. The predicted octanol–water partition coefficient (Wildman–Crippen LogP) is 0.943. The number of amides is 1. The average Bonchev–Trinajstić information content (AvgIpc) is 2.44. The molecule has 0 atom stereocenters. The zero-order chi connectivity index (χ0) is 14.7. The molecule has 2 rings (SSSR count). The number of benzene rings is 1. The second-order valence-electron chi connectivity index (χ2n) is 4.30. The summed E-state index contributed by atoms with van der Waals surface area (Å²) in [5, 5.41) is 12.8. The standard InChI is InChI=1S/C14H14N2O4/c1-2-8(17)7-15-13(19)11-12(18)9-5-3-4-6-10(9)16-14(11)20/h3-6H,2,7H2,1H3,(H,15,19)(H2,16,18,20). The van der Waals surface area contributed by atoms with Gasteiger partial charge in [0.1, 0.15) is 11.3 Å². The zero-order valence-corrected chi connectivity index (χ0v) is 10.9. The van der Waals surface area contributed by atoms with E-state index < -0.39 is 11.5 Å². The van der Waals surface area contributed by atoms with Crippen LogP contribution in [0.4, 0.5) is 0 Å². The molecule has 104 valence electrons. The third kappa shape index (κ3) is 2.54. The molecule has 0 aliphatic heterocycles. The third-order valence-electron chi connectivity index (χ3n) is 2.96. The zero-order valence-electron chi connectivity index (χ0n) is 10.9. The van der Waals surface area contributed by atoms with Crippen LogP contribution in [0.2, 0.25) is 0 Å². The fourth-order valence-electron chi connectivity index (χ4n) is 1.83. The van der Waals surface area contributed by atoms with Gasteiger partial charge < -0.3 is 15.4 Å². The number of aromatic hydroxyl groups is 1. The Balaban J connectivity index is 2.41. The van der Waals surface area contributed by atoms with Crippen molar-refractivity contribution in [2.45, 2.75) is 13.3 Å². The maximum absolute atomic E-state index is 11.9. The third-order valence-corrected chi connectivity index (χ3v) is 2.96. The van der Waals surface area contributed by atoms with Crippen molar-refractivity contribution in [3.63, 3.8) is 0 Å². The first kappa shape index (κ1) is 13.8. The molecule has 20 heavy (non-hydrogen) atoms. The molecule has 0 saturated heterocycles. The summed E-state index contributed by atoms with van der Waals surface area (Å²) in [7, 11) is 0. The van der Waals surface area contributed by atoms with E-state index in [2.05, 4.69) is 10.3 Å². The highest BCUT2D eigenvalue weighted by molar-refractivity contribution is 6.03. The van der Waals surface area contributed by atoms with E-state index in [9.17, 15) is 19.5 Å². The number of carbonyl (C=O) groups is 2. The second kappa shape index (κ2) is 5.56. The number of aromatic nitrogens is 1. The number of hydrogen-bond acceptors (Lipinski definition) is 4. The Labute approximate surface area is 114 Å². The largest absolute Gasteiger partial charge is 0.506 e. The van der Waals surface area contributed by atoms with Gasteiger partial charge in [-0.25, -0.2) is 0 Å². The number of H-pyrrole nitrogens is 1. The van der Waals surface area contributed by atoms with Gasteiger partial charge >= 0.3 is 0 Å². The van der Waals surface area contributed by atoms with E-state index in [1.54, 1.807) is 31.2 Å². The minimum atomic E-state index is -0.767. The summed E-state index contributed by atoms with van der Waals surface area (Å²) in [4.78, 5) is 37.4. The van der Waals surface area contributed by atoms with Gasteiger partial charge in [-0.3, -0.25) is 14.4 Å². The normalized spacial score (nSPS) is 10.4. The number of hydrogen-bond donors (Lipinski definition) is 3. The van der Waals surface area contributed by atoms with Gasteiger partial charge in [0, 0.05) is 11.8 Å². The van der Waals surface area contributed by atoms with Crippen LogP contribution in [0.25, 0.3) is 10.9 Å². The summed E-state index contributed by atoms with van der Waals surface area (Å²) in [6, 6.07) is 6.60. The lowest BCUT2D eigenvalue weighted by atomic mass is 10.1. The molecular weight excluding hydrogens is 260 g/mol. The minimum Gasteiger partial charge on any atom is -0.506 e. The van der Waals surface area contributed by atoms with Crippen molar-refractivity contribution in [3.05, 3.63) is 40.2 Å². The lowest BCUT2D eigenvalue weighted by Gasteiger charge is -2.07. The molecule has 0 spiro atoms. The molecule has 0 radical (unpaired) electrons. The molecule has 0 fully saturated rings. The van der Waals surface area contributed by atoms with E-state index in [4.69, 9.17) is 0 Å². The van der Waals surface area contributed by atoms with Crippen LogP contribution >= 0.6 is 0 Å². The Hall–Kier alpha value is -2.63. The Kier molecular flexibility index (Phi) is 3.84. The van der Waals surface area contributed by atoms with Crippen molar-refractivity contribution in [1.82, 2.24) is 10.3 Å². The summed E-state index contributed by atoms with van der Waals surface area (Å²) in [6.07, 6.45) is 0.292. The van der Waals surface area contributed by atoms with Crippen LogP contribution in [0.5, 0.6) is 5.75 Å². The monoisotopic (exact) mass is 274 g/mol. The van der Waals surface area contributed by atoms with Gasteiger partial charge in [-0.15, -0.1) is 0 Å². The molecule has 6 heteroatoms. The van der Waals surface area contributed by atoms with Crippen LogP contribution in [0, 0.1) is 0 Å². The van der Waals surface area contributed by atoms with Crippen LogP contribution < -0.4 is 10.9 Å². The molecule has 1 aromatic carbocycles. The smallest absolute Gasteiger partial charge is 0.265 e. The maximum atomic E-state index is 11.9. The van der Waals surface area contributed by atoms with Gasteiger partial charge in [0.15, 0.2) is 5.78 Å². The van der Waals surface area contributed by atoms with E-state index in [0.717, 1.165) is 0 Å². The van der Waals surface area contributed by atoms with Crippen LogP contribution in [-0.4, -0.2) is 28.3 Å². The molecule has 6 nitrogen and oxygen atoms in total. The molecule has 3 N–H and O–H groups in total. The van der Waals surface area contributed by atoms with E-state index in [-0.39, 0.29) is 23.6 Å². The van der Waals surface area contributed by atoms with E-state index in [1.807, 2.05) is 0 Å². The Bertz CT molecular complexity index is 734. The highest BCUT2D eigenvalue weighted by Gasteiger charge is 2.19. The van der Waals surface area contributed by atoms with E-state index in [0.29, 0.717) is 17.3 Å². The number of nitrogens with one attached hydrogen (secondary N) is 2. The second-order valence-corrected chi connectivity index (χ2v) is 4.30. The predicted molar refractivity (Wildman–Crippen MR) is 73.9 cm³/mol. The summed E-state index contributed by atoms with van der Waals surface area (Å²) in [5.41, 5.74) is -0.633. The molecule has 0 aliphatic rings. The summed E-state index contributed by atoms with van der Waals surface area (Å²) in [5.74, 6) is -1.31. The first-order valence-electron chi connectivity index (χ1n) is 6.18. The topological polar surface area (TPSA) is 99.3 Å². The fraction of sp³-hybridized carbons (Fsp3) is 0.214. The van der Waals surface area contributed by atoms with Crippen LogP contribution in [0.15, 0.2) is 29.1 Å². The Morgan fingerprint density at radius 2 is 2.00 bits per heavy atom. The van der Waals surface area contributed by atoms with Crippen molar-refractivity contribution < 1.29 is 14.7 Å². The van der Waals surface area contributed by atoms with Crippen molar-refractivity contribution in [1.29, 1.82) is 0 Å². The molecule has 0 unspecified atom stereocenters. The molecule has 2 aromatic rings. The summed E-state index contributed by atoms with van der Waals surface area (Å²) < 4.78 is 0. The minimum absolute atomic E-state index is 0.157. The molecule has 1 heterocycles. The molecule has 0 aliphatic carbocycles. The quantitative estimate of drug-likeness (QED) is 0.772. The molecule has 0 bridgehead atoms. The average molecular weight is 274 g/mol. The van der Waals surface area contributed by atoms with Gasteiger partial charge in [0.05, 0.1) is 12.1 Å². The lowest BCUT2D eigenvalue weighted by molar-refractivity contribution is -0.117. The molecule has 1 amide bonds. The van der Waals surface area contributed by atoms with E-state index >= 15 is 0 Å². The van der Waals surface area contributed by atoms with Gasteiger partial charge in [0.2, 0.25) is 0 Å². The number of fused-ring (bicyclic) bond motifs is 1. The van der Waals surface area contributed by atoms with E-state index in [1.165, 1.54) is 0 Å². The van der Waals surface area contributed by atoms with Gasteiger partial charge in [0.25, 0.3) is 11.5 Å². The van der Waals surface area contributed by atoms with Crippen LogP contribution in [0.3, 0.4) is 0 Å². The van der Waals surface area contributed by atoms with Gasteiger partial charge in [-0.2, -0.15) is 0 Å². The number of carbonyl (C=O) groups excluding carboxylic acids is 2.